The summed E-state index contributed by atoms with van der Waals surface area (Å²) in [5.74, 6) is 0.0395. The van der Waals surface area contributed by atoms with Crippen LogP contribution in [-0.4, -0.2) is 19.0 Å². The molecule has 0 aromatic heterocycles. The topological polar surface area (TPSA) is 41.1 Å². The van der Waals surface area contributed by atoms with Gasteiger partial charge in [-0.25, -0.2) is 0 Å². The number of carbonyl (C=O) groups is 1. The van der Waals surface area contributed by atoms with Crippen molar-refractivity contribution in [2.75, 3.05) is 18.4 Å². The third kappa shape index (κ3) is 5.62. The lowest BCUT2D eigenvalue weighted by Gasteiger charge is -2.09. The van der Waals surface area contributed by atoms with Crippen molar-refractivity contribution in [1.82, 2.24) is 5.32 Å². The lowest BCUT2D eigenvalue weighted by atomic mass is 10.1. The summed E-state index contributed by atoms with van der Waals surface area (Å²) in [5.41, 5.74) is 3.24. The highest BCUT2D eigenvalue weighted by molar-refractivity contribution is 9.10. The minimum atomic E-state index is 0.0395. The molecule has 4 heteroatoms. The van der Waals surface area contributed by atoms with Gasteiger partial charge in [-0.1, -0.05) is 46.3 Å². The summed E-state index contributed by atoms with van der Waals surface area (Å²) in [5, 5.41) is 6.25. The van der Waals surface area contributed by atoms with E-state index in [9.17, 15) is 4.79 Å². The Labute approximate surface area is 140 Å². The molecule has 2 aromatic rings. The van der Waals surface area contributed by atoms with Crippen molar-refractivity contribution in [3.8, 4) is 0 Å². The van der Waals surface area contributed by atoms with Gasteiger partial charge in [-0.2, -0.15) is 0 Å². The third-order valence-electron chi connectivity index (χ3n) is 3.42. The van der Waals surface area contributed by atoms with Gasteiger partial charge in [0.25, 0.3) is 0 Å². The Bertz CT molecular complexity index is 614. The second kappa shape index (κ2) is 8.71. The zero-order chi connectivity index (χ0) is 15.8. The molecular formula is C18H21BrN2O. The maximum atomic E-state index is 11.9. The van der Waals surface area contributed by atoms with Crippen LogP contribution in [0.5, 0.6) is 0 Å². The van der Waals surface area contributed by atoms with Crippen molar-refractivity contribution in [2.24, 2.45) is 0 Å². The predicted molar refractivity (Wildman–Crippen MR) is 95.1 cm³/mol. The molecule has 116 valence electrons. The zero-order valence-electron chi connectivity index (χ0n) is 12.7. The second-order valence-corrected chi connectivity index (χ2v) is 6.16. The molecule has 0 radical (unpaired) electrons. The molecule has 2 N–H and O–H groups in total. The first-order valence-corrected chi connectivity index (χ1v) is 8.25. The van der Waals surface area contributed by atoms with Crippen LogP contribution in [0.1, 0.15) is 17.5 Å². The lowest BCUT2D eigenvalue weighted by Crippen LogP contribution is -2.23. The SMILES string of the molecule is Cc1cc(Br)ccc1NC(=O)CCNCCc1ccccc1. The van der Waals surface area contributed by atoms with Crippen molar-refractivity contribution in [3.63, 3.8) is 0 Å². The molecular weight excluding hydrogens is 340 g/mol. The quantitative estimate of drug-likeness (QED) is 0.734. The molecule has 0 aliphatic carbocycles. The number of amides is 1. The van der Waals surface area contributed by atoms with E-state index < -0.39 is 0 Å². The molecule has 0 spiro atoms. The van der Waals surface area contributed by atoms with E-state index in [1.54, 1.807) is 0 Å². The number of nitrogens with one attached hydrogen (secondary N) is 2. The molecule has 0 atom stereocenters. The average Bonchev–Trinajstić information content (AvgIpc) is 2.51. The molecule has 3 nitrogen and oxygen atoms in total. The number of aryl methyl sites for hydroxylation is 1. The lowest BCUT2D eigenvalue weighted by molar-refractivity contribution is -0.116. The fraction of sp³-hybridized carbons (Fsp3) is 0.278. The summed E-state index contributed by atoms with van der Waals surface area (Å²) >= 11 is 3.42. The summed E-state index contributed by atoms with van der Waals surface area (Å²) in [6, 6.07) is 16.2. The summed E-state index contributed by atoms with van der Waals surface area (Å²) < 4.78 is 1.02. The van der Waals surface area contributed by atoms with Gasteiger partial charge in [-0.05, 0) is 49.2 Å². The van der Waals surface area contributed by atoms with Crippen LogP contribution in [0.4, 0.5) is 5.69 Å². The highest BCUT2D eigenvalue weighted by atomic mass is 79.9. The number of hydrogen-bond donors (Lipinski definition) is 2. The molecule has 0 aliphatic rings. The highest BCUT2D eigenvalue weighted by Gasteiger charge is 2.04. The van der Waals surface area contributed by atoms with Crippen LogP contribution in [0.15, 0.2) is 53.0 Å². The molecule has 0 fully saturated rings. The van der Waals surface area contributed by atoms with Gasteiger partial charge >= 0.3 is 0 Å². The fourth-order valence-electron chi connectivity index (χ4n) is 2.18. The summed E-state index contributed by atoms with van der Waals surface area (Å²) in [6.45, 7) is 3.56. The van der Waals surface area contributed by atoms with Crippen LogP contribution in [-0.2, 0) is 11.2 Å². The third-order valence-corrected chi connectivity index (χ3v) is 3.92. The van der Waals surface area contributed by atoms with Crippen molar-refractivity contribution in [3.05, 3.63) is 64.1 Å². The summed E-state index contributed by atoms with van der Waals surface area (Å²) in [7, 11) is 0. The summed E-state index contributed by atoms with van der Waals surface area (Å²) in [4.78, 5) is 11.9. The van der Waals surface area contributed by atoms with Crippen LogP contribution in [0.2, 0.25) is 0 Å². The van der Waals surface area contributed by atoms with Gasteiger partial charge in [0.1, 0.15) is 0 Å². The van der Waals surface area contributed by atoms with Crippen molar-refractivity contribution in [2.45, 2.75) is 19.8 Å². The van der Waals surface area contributed by atoms with Gasteiger partial charge < -0.3 is 10.6 Å². The van der Waals surface area contributed by atoms with Gasteiger partial charge in [0.15, 0.2) is 0 Å². The van der Waals surface area contributed by atoms with Gasteiger partial charge in [-0.15, -0.1) is 0 Å². The number of hydrogen-bond acceptors (Lipinski definition) is 2. The Morgan fingerprint density at radius 2 is 1.86 bits per heavy atom. The molecule has 1 amide bonds. The van der Waals surface area contributed by atoms with E-state index in [-0.39, 0.29) is 5.91 Å². The van der Waals surface area contributed by atoms with Gasteiger partial charge in [0.2, 0.25) is 5.91 Å². The van der Waals surface area contributed by atoms with Gasteiger partial charge in [0.05, 0.1) is 0 Å². The zero-order valence-corrected chi connectivity index (χ0v) is 14.3. The Kier molecular flexibility index (Phi) is 6.62. The van der Waals surface area contributed by atoms with Crippen LogP contribution in [0.25, 0.3) is 0 Å². The van der Waals surface area contributed by atoms with E-state index in [1.807, 2.05) is 43.3 Å². The predicted octanol–water partition coefficient (Wildman–Crippen LogP) is 3.92. The van der Waals surface area contributed by atoms with E-state index in [0.29, 0.717) is 13.0 Å². The van der Waals surface area contributed by atoms with E-state index in [0.717, 1.165) is 28.7 Å². The standard InChI is InChI=1S/C18H21BrN2O/c1-14-13-16(19)7-8-17(14)21-18(22)10-12-20-11-9-15-5-3-2-4-6-15/h2-8,13,20H,9-12H2,1H3,(H,21,22). The van der Waals surface area contributed by atoms with Crippen LogP contribution >= 0.6 is 15.9 Å². The van der Waals surface area contributed by atoms with Crippen LogP contribution < -0.4 is 10.6 Å². The van der Waals surface area contributed by atoms with Gasteiger partial charge in [-0.3, -0.25) is 4.79 Å². The Morgan fingerprint density at radius 3 is 2.59 bits per heavy atom. The second-order valence-electron chi connectivity index (χ2n) is 5.24. The first kappa shape index (κ1) is 16.7. The van der Waals surface area contributed by atoms with Crippen molar-refractivity contribution < 1.29 is 4.79 Å². The molecule has 0 bridgehead atoms. The molecule has 0 heterocycles. The number of benzene rings is 2. The van der Waals surface area contributed by atoms with E-state index in [2.05, 4.69) is 38.7 Å². The molecule has 0 saturated carbocycles. The van der Waals surface area contributed by atoms with Gasteiger partial charge in [0, 0.05) is 23.1 Å². The monoisotopic (exact) mass is 360 g/mol. The number of rotatable bonds is 7. The van der Waals surface area contributed by atoms with E-state index >= 15 is 0 Å². The molecule has 22 heavy (non-hydrogen) atoms. The number of halogens is 1. The Morgan fingerprint density at radius 1 is 1.09 bits per heavy atom. The van der Waals surface area contributed by atoms with Crippen LogP contribution in [0.3, 0.4) is 0 Å². The number of carbonyl (C=O) groups excluding carboxylic acids is 1. The molecule has 0 saturated heterocycles. The van der Waals surface area contributed by atoms with Crippen molar-refractivity contribution in [1.29, 1.82) is 0 Å². The normalized spacial score (nSPS) is 10.5. The van der Waals surface area contributed by atoms with Crippen LogP contribution in [0, 0.1) is 6.92 Å². The maximum Gasteiger partial charge on any atom is 0.225 e. The average molecular weight is 361 g/mol. The number of anilines is 1. The largest absolute Gasteiger partial charge is 0.326 e. The molecule has 2 aromatic carbocycles. The highest BCUT2D eigenvalue weighted by Crippen LogP contribution is 2.19. The minimum absolute atomic E-state index is 0.0395. The minimum Gasteiger partial charge on any atom is -0.326 e. The van der Waals surface area contributed by atoms with Crippen molar-refractivity contribution >= 4 is 27.5 Å². The van der Waals surface area contributed by atoms with E-state index in [4.69, 9.17) is 0 Å². The first-order valence-electron chi connectivity index (χ1n) is 7.46. The molecule has 0 aliphatic heterocycles. The Balaban J connectivity index is 1.65. The first-order chi connectivity index (χ1) is 10.6. The smallest absolute Gasteiger partial charge is 0.225 e. The van der Waals surface area contributed by atoms with E-state index in [1.165, 1.54) is 5.56 Å². The fourth-order valence-corrected chi connectivity index (χ4v) is 2.66. The summed E-state index contributed by atoms with van der Waals surface area (Å²) in [6.07, 6.45) is 1.46. The Hall–Kier alpha value is -1.65. The molecule has 2 rings (SSSR count). The molecule has 0 unspecified atom stereocenters. The maximum absolute atomic E-state index is 11.9.